The zero-order chi connectivity index (χ0) is 15.6. The lowest BCUT2D eigenvalue weighted by atomic mass is 10.1. The molecule has 1 aromatic heterocycles. The van der Waals surface area contributed by atoms with Crippen molar-refractivity contribution in [2.75, 3.05) is 11.9 Å². The van der Waals surface area contributed by atoms with E-state index in [1.165, 1.54) is 5.56 Å². The molecule has 2 rings (SSSR count). The molecule has 0 bridgehead atoms. The Bertz CT molecular complexity index is 641. The minimum atomic E-state index is 0.446. The van der Waals surface area contributed by atoms with Crippen LogP contribution in [0.15, 0.2) is 53.7 Å². The van der Waals surface area contributed by atoms with Gasteiger partial charge in [0.15, 0.2) is 0 Å². The van der Waals surface area contributed by atoms with E-state index in [9.17, 15) is 0 Å². The maximum Gasteiger partial charge on any atom is 0.211 e. The number of guanidine groups is 1. The van der Waals surface area contributed by atoms with Crippen LogP contribution in [-0.4, -0.2) is 17.5 Å². The lowest BCUT2D eigenvalue weighted by Crippen LogP contribution is -2.31. The number of nitrogens with zero attached hydrogens (tertiary/aromatic N) is 3. The molecule has 0 aliphatic heterocycles. The van der Waals surface area contributed by atoms with Gasteiger partial charge in [-0.05, 0) is 37.5 Å². The van der Waals surface area contributed by atoms with Crippen LogP contribution in [0.25, 0.3) is 0 Å². The molecule has 112 valence electrons. The summed E-state index contributed by atoms with van der Waals surface area (Å²) in [4.78, 5) is 7.96. The number of hydrogen-bond acceptors (Lipinski definition) is 3. The Kier molecular flexibility index (Phi) is 5.94. The number of pyridine rings is 1. The van der Waals surface area contributed by atoms with Crippen LogP contribution >= 0.6 is 0 Å². The van der Waals surface area contributed by atoms with Gasteiger partial charge in [-0.2, -0.15) is 5.26 Å². The molecule has 0 unspecified atom stereocenters. The van der Waals surface area contributed by atoms with Gasteiger partial charge >= 0.3 is 0 Å². The van der Waals surface area contributed by atoms with E-state index >= 15 is 0 Å². The van der Waals surface area contributed by atoms with Crippen LogP contribution in [-0.2, 0) is 6.42 Å². The lowest BCUT2D eigenvalue weighted by Gasteiger charge is -2.11. The van der Waals surface area contributed by atoms with Crippen LogP contribution in [0, 0.1) is 18.4 Å². The number of nitriles is 1. The molecule has 0 saturated carbocycles. The van der Waals surface area contributed by atoms with E-state index in [0.29, 0.717) is 5.96 Å². The van der Waals surface area contributed by atoms with Gasteiger partial charge in [-0.15, -0.1) is 4.99 Å². The summed E-state index contributed by atoms with van der Waals surface area (Å²) in [5.74, 6) is 0.446. The second-order valence-electron chi connectivity index (χ2n) is 4.89. The molecular formula is C17H19N5. The van der Waals surface area contributed by atoms with Crippen LogP contribution in [0.3, 0.4) is 0 Å². The summed E-state index contributed by atoms with van der Waals surface area (Å²) in [6.07, 6.45) is 5.46. The molecular weight excluding hydrogens is 274 g/mol. The summed E-state index contributed by atoms with van der Waals surface area (Å²) >= 11 is 0. The Morgan fingerprint density at radius 2 is 2.05 bits per heavy atom. The molecule has 2 N–H and O–H groups in total. The predicted molar refractivity (Wildman–Crippen MR) is 88.4 cm³/mol. The highest BCUT2D eigenvalue weighted by atomic mass is 15.2. The van der Waals surface area contributed by atoms with Gasteiger partial charge in [0.2, 0.25) is 12.2 Å². The van der Waals surface area contributed by atoms with Crippen LogP contribution in [0.5, 0.6) is 0 Å². The molecule has 1 aromatic carbocycles. The normalized spacial score (nSPS) is 10.8. The van der Waals surface area contributed by atoms with Crippen LogP contribution in [0.1, 0.15) is 17.7 Å². The number of anilines is 1. The number of aromatic nitrogens is 1. The van der Waals surface area contributed by atoms with Crippen LogP contribution in [0.2, 0.25) is 0 Å². The topological polar surface area (TPSA) is 73.1 Å². The lowest BCUT2D eigenvalue weighted by molar-refractivity contribution is 0.772. The highest BCUT2D eigenvalue weighted by Crippen LogP contribution is 2.05. The Balaban J connectivity index is 1.81. The Morgan fingerprint density at radius 1 is 1.23 bits per heavy atom. The molecule has 0 amide bonds. The summed E-state index contributed by atoms with van der Waals surface area (Å²) in [6, 6.07) is 14.1. The second kappa shape index (κ2) is 8.42. The van der Waals surface area contributed by atoms with Gasteiger partial charge in [0.1, 0.15) is 0 Å². The van der Waals surface area contributed by atoms with Crippen molar-refractivity contribution < 1.29 is 0 Å². The smallest absolute Gasteiger partial charge is 0.211 e. The monoisotopic (exact) mass is 293 g/mol. The third-order valence-corrected chi connectivity index (χ3v) is 3.11. The van der Waals surface area contributed by atoms with Crippen LogP contribution < -0.4 is 10.6 Å². The molecule has 22 heavy (non-hydrogen) atoms. The van der Waals surface area contributed by atoms with E-state index in [1.54, 1.807) is 12.4 Å². The predicted octanol–water partition coefficient (Wildman–Crippen LogP) is 2.86. The zero-order valence-electron chi connectivity index (χ0n) is 12.6. The van der Waals surface area contributed by atoms with Crippen molar-refractivity contribution in [2.24, 2.45) is 4.99 Å². The molecule has 1 heterocycles. The van der Waals surface area contributed by atoms with Crippen molar-refractivity contribution in [1.82, 2.24) is 10.3 Å². The minimum Gasteiger partial charge on any atom is -0.355 e. The molecule has 5 nitrogen and oxygen atoms in total. The van der Waals surface area contributed by atoms with Gasteiger partial charge < -0.3 is 10.6 Å². The number of aryl methyl sites for hydroxylation is 2. The Hall–Kier alpha value is -2.87. The SMILES string of the molecule is Cc1ccc(NC(=NC#N)NCCCc2ccccc2)cn1. The fourth-order valence-corrected chi connectivity index (χ4v) is 1.98. The maximum absolute atomic E-state index is 8.76. The van der Waals surface area contributed by atoms with E-state index in [0.717, 1.165) is 30.8 Å². The quantitative estimate of drug-likeness (QED) is 0.385. The molecule has 5 heteroatoms. The molecule has 0 aliphatic carbocycles. The van der Waals surface area contributed by atoms with Crippen LogP contribution in [0.4, 0.5) is 5.69 Å². The van der Waals surface area contributed by atoms with Gasteiger partial charge in [-0.25, -0.2) is 0 Å². The van der Waals surface area contributed by atoms with Gasteiger partial charge in [0.25, 0.3) is 0 Å². The summed E-state index contributed by atoms with van der Waals surface area (Å²) < 4.78 is 0. The van der Waals surface area contributed by atoms with Crippen molar-refractivity contribution in [2.45, 2.75) is 19.8 Å². The first-order valence-corrected chi connectivity index (χ1v) is 7.22. The summed E-state index contributed by atoms with van der Waals surface area (Å²) in [7, 11) is 0. The number of hydrogen-bond donors (Lipinski definition) is 2. The average Bonchev–Trinajstić information content (AvgIpc) is 2.55. The molecule has 2 aromatic rings. The van der Waals surface area contributed by atoms with Gasteiger partial charge in [-0.3, -0.25) is 4.98 Å². The number of aliphatic imine (C=N–C) groups is 1. The molecule has 0 aliphatic rings. The van der Waals surface area contributed by atoms with Gasteiger partial charge in [-0.1, -0.05) is 30.3 Å². The van der Waals surface area contributed by atoms with E-state index in [2.05, 4.69) is 32.7 Å². The first-order chi connectivity index (χ1) is 10.8. The fraction of sp³-hybridized carbons (Fsp3) is 0.235. The molecule has 0 saturated heterocycles. The molecule has 0 fully saturated rings. The van der Waals surface area contributed by atoms with Gasteiger partial charge in [0.05, 0.1) is 11.9 Å². The largest absolute Gasteiger partial charge is 0.355 e. The maximum atomic E-state index is 8.76. The summed E-state index contributed by atoms with van der Waals surface area (Å²) in [6.45, 7) is 2.66. The standard InChI is InChI=1S/C17H19N5/c1-14-9-10-16(12-20-14)22-17(21-13-18)19-11-5-8-15-6-3-2-4-7-15/h2-4,6-7,9-10,12H,5,8,11H2,1H3,(H2,19,21,22). The Labute approximate surface area is 130 Å². The third kappa shape index (κ3) is 5.25. The fourth-order valence-electron chi connectivity index (χ4n) is 1.98. The van der Waals surface area contributed by atoms with Crippen molar-refractivity contribution in [3.8, 4) is 6.19 Å². The number of nitrogens with one attached hydrogen (secondary N) is 2. The van der Waals surface area contributed by atoms with E-state index in [4.69, 9.17) is 5.26 Å². The second-order valence-corrected chi connectivity index (χ2v) is 4.89. The number of benzene rings is 1. The van der Waals surface area contributed by atoms with Crippen molar-refractivity contribution in [3.05, 3.63) is 59.9 Å². The zero-order valence-corrected chi connectivity index (χ0v) is 12.6. The van der Waals surface area contributed by atoms with Crippen molar-refractivity contribution >= 4 is 11.6 Å². The van der Waals surface area contributed by atoms with E-state index in [1.807, 2.05) is 37.3 Å². The molecule has 0 spiro atoms. The third-order valence-electron chi connectivity index (χ3n) is 3.11. The highest BCUT2D eigenvalue weighted by Gasteiger charge is 2.00. The van der Waals surface area contributed by atoms with Crippen molar-refractivity contribution in [3.63, 3.8) is 0 Å². The summed E-state index contributed by atoms with van der Waals surface area (Å²) in [5.41, 5.74) is 3.05. The minimum absolute atomic E-state index is 0.446. The highest BCUT2D eigenvalue weighted by molar-refractivity contribution is 5.93. The summed E-state index contributed by atoms with van der Waals surface area (Å²) in [5, 5.41) is 15.0. The van der Waals surface area contributed by atoms with Crippen molar-refractivity contribution in [1.29, 1.82) is 5.26 Å². The van der Waals surface area contributed by atoms with E-state index in [-0.39, 0.29) is 0 Å². The first-order valence-electron chi connectivity index (χ1n) is 7.22. The first kappa shape index (κ1) is 15.5. The van der Waals surface area contributed by atoms with Gasteiger partial charge in [0, 0.05) is 12.2 Å². The Morgan fingerprint density at radius 3 is 2.73 bits per heavy atom. The van der Waals surface area contributed by atoms with E-state index < -0.39 is 0 Å². The molecule has 0 radical (unpaired) electrons. The average molecular weight is 293 g/mol. The molecule has 0 atom stereocenters. The number of rotatable bonds is 5.